The summed E-state index contributed by atoms with van der Waals surface area (Å²) in [6.07, 6.45) is 2.16. The summed E-state index contributed by atoms with van der Waals surface area (Å²) in [4.78, 5) is 33.8. The first-order valence-electron chi connectivity index (χ1n) is 6.58. The number of carboxylic acid groups (broad SMARTS) is 1. The Morgan fingerprint density at radius 2 is 2.05 bits per heavy atom. The summed E-state index contributed by atoms with van der Waals surface area (Å²) in [6.45, 7) is 0.124. The molecule has 0 radical (unpaired) electrons. The van der Waals surface area contributed by atoms with Gasteiger partial charge in [0.1, 0.15) is 6.04 Å². The zero-order valence-corrected chi connectivity index (χ0v) is 11.6. The van der Waals surface area contributed by atoms with Crippen LogP contribution in [0.5, 0.6) is 0 Å². The average molecular weight is 304 g/mol. The van der Waals surface area contributed by atoms with E-state index in [1.165, 1.54) is 0 Å². The SMILES string of the molecule is N[C@H](Cc1c[nH]c2ccccc12)C(=O)O.O=C1CNC(=O)N1. The number of carbonyl (C=O) groups is 3. The number of urea groups is 1. The summed E-state index contributed by atoms with van der Waals surface area (Å²) in [5.41, 5.74) is 7.43. The van der Waals surface area contributed by atoms with Crippen LogP contribution in [0.25, 0.3) is 10.9 Å². The lowest BCUT2D eigenvalue weighted by Crippen LogP contribution is -2.32. The molecule has 22 heavy (non-hydrogen) atoms. The minimum atomic E-state index is -0.972. The molecule has 1 saturated heterocycles. The van der Waals surface area contributed by atoms with Crippen LogP contribution in [0, 0.1) is 0 Å². The zero-order chi connectivity index (χ0) is 16.1. The van der Waals surface area contributed by atoms with Crippen molar-refractivity contribution in [2.24, 2.45) is 5.73 Å². The van der Waals surface area contributed by atoms with Crippen molar-refractivity contribution in [1.82, 2.24) is 15.6 Å². The lowest BCUT2D eigenvalue weighted by molar-refractivity contribution is -0.138. The van der Waals surface area contributed by atoms with Crippen LogP contribution in [-0.2, 0) is 16.0 Å². The number of fused-ring (bicyclic) bond motifs is 1. The molecule has 6 N–H and O–H groups in total. The number of aliphatic carboxylic acids is 1. The quantitative estimate of drug-likeness (QED) is 0.506. The van der Waals surface area contributed by atoms with Gasteiger partial charge in [0.2, 0.25) is 5.91 Å². The van der Waals surface area contributed by atoms with Crippen molar-refractivity contribution in [3.05, 3.63) is 36.0 Å². The largest absolute Gasteiger partial charge is 0.480 e. The highest BCUT2D eigenvalue weighted by molar-refractivity contribution is 6.01. The molecule has 0 unspecified atom stereocenters. The number of imide groups is 1. The Bertz CT molecular complexity index is 696. The fourth-order valence-electron chi connectivity index (χ4n) is 2.00. The molecule has 1 aliphatic heterocycles. The first-order valence-corrected chi connectivity index (χ1v) is 6.58. The highest BCUT2D eigenvalue weighted by atomic mass is 16.4. The van der Waals surface area contributed by atoms with Gasteiger partial charge in [0.05, 0.1) is 6.54 Å². The molecule has 3 amide bonds. The summed E-state index contributed by atoms with van der Waals surface area (Å²) in [6, 6.07) is 6.52. The highest BCUT2D eigenvalue weighted by Gasteiger charge is 2.14. The summed E-state index contributed by atoms with van der Waals surface area (Å²) in [5.74, 6) is -1.23. The molecule has 1 aromatic heterocycles. The number of nitrogens with two attached hydrogens (primary N) is 1. The smallest absolute Gasteiger partial charge is 0.321 e. The van der Waals surface area contributed by atoms with Crippen molar-refractivity contribution in [2.75, 3.05) is 6.54 Å². The van der Waals surface area contributed by atoms with Crippen molar-refractivity contribution < 1.29 is 19.5 Å². The summed E-state index contributed by atoms with van der Waals surface area (Å²) >= 11 is 0. The molecule has 1 aromatic carbocycles. The normalized spacial score (nSPS) is 14.8. The Morgan fingerprint density at radius 3 is 2.59 bits per heavy atom. The van der Waals surface area contributed by atoms with Gasteiger partial charge in [-0.2, -0.15) is 0 Å². The van der Waals surface area contributed by atoms with Crippen molar-refractivity contribution in [3.8, 4) is 0 Å². The van der Waals surface area contributed by atoms with Crippen LogP contribution in [0.4, 0.5) is 4.79 Å². The third-order valence-electron chi connectivity index (χ3n) is 3.09. The van der Waals surface area contributed by atoms with Gasteiger partial charge in [-0.1, -0.05) is 18.2 Å². The lowest BCUT2D eigenvalue weighted by Gasteiger charge is -2.04. The van der Waals surface area contributed by atoms with Gasteiger partial charge >= 0.3 is 12.0 Å². The Kier molecular flexibility index (Phi) is 4.74. The van der Waals surface area contributed by atoms with E-state index >= 15 is 0 Å². The van der Waals surface area contributed by atoms with Crippen LogP contribution in [0.15, 0.2) is 30.5 Å². The van der Waals surface area contributed by atoms with E-state index in [-0.39, 0.29) is 12.5 Å². The number of para-hydroxylation sites is 1. The number of hydrogen-bond donors (Lipinski definition) is 5. The standard InChI is InChI=1S/C11H12N2O2.C3H4N2O2/c12-9(11(14)15)5-7-6-13-10-4-2-1-3-8(7)10;6-2-1-4-3(7)5-2/h1-4,6,9,13H,5,12H2,(H,14,15);1H2,(H2,4,5,6,7)/t9-;/m1./s1. The molecule has 8 heteroatoms. The second-order valence-electron chi connectivity index (χ2n) is 4.74. The first-order chi connectivity index (χ1) is 10.5. The van der Waals surface area contributed by atoms with Gasteiger partial charge < -0.3 is 21.1 Å². The molecule has 0 bridgehead atoms. The number of carboxylic acids is 1. The number of hydrogen-bond acceptors (Lipinski definition) is 4. The maximum absolute atomic E-state index is 10.6. The molecule has 8 nitrogen and oxygen atoms in total. The van der Waals surface area contributed by atoms with E-state index in [0.29, 0.717) is 6.42 Å². The van der Waals surface area contributed by atoms with Crippen molar-refractivity contribution >= 4 is 28.8 Å². The maximum atomic E-state index is 10.6. The van der Waals surface area contributed by atoms with E-state index in [2.05, 4.69) is 10.3 Å². The van der Waals surface area contributed by atoms with E-state index in [4.69, 9.17) is 10.8 Å². The zero-order valence-electron chi connectivity index (χ0n) is 11.6. The number of aromatic nitrogens is 1. The topological polar surface area (TPSA) is 137 Å². The predicted molar refractivity (Wildman–Crippen MR) is 79.2 cm³/mol. The number of rotatable bonds is 3. The summed E-state index contributed by atoms with van der Waals surface area (Å²) in [7, 11) is 0. The molecule has 1 fully saturated rings. The van der Waals surface area contributed by atoms with Crippen molar-refractivity contribution in [2.45, 2.75) is 12.5 Å². The van der Waals surface area contributed by atoms with E-state index in [1.54, 1.807) is 0 Å². The Labute approximate surface area is 125 Å². The van der Waals surface area contributed by atoms with Crippen LogP contribution in [-0.4, -0.2) is 40.6 Å². The second-order valence-corrected chi connectivity index (χ2v) is 4.74. The first kappa shape index (κ1) is 15.5. The number of nitrogens with one attached hydrogen (secondary N) is 3. The highest BCUT2D eigenvalue weighted by Crippen LogP contribution is 2.18. The Morgan fingerprint density at radius 1 is 1.32 bits per heavy atom. The minimum absolute atomic E-state index is 0.124. The van der Waals surface area contributed by atoms with Crippen LogP contribution >= 0.6 is 0 Å². The average Bonchev–Trinajstić information content (AvgIpc) is 3.06. The molecule has 1 atom stereocenters. The number of H-pyrrole nitrogens is 1. The number of aromatic amines is 1. The monoisotopic (exact) mass is 304 g/mol. The minimum Gasteiger partial charge on any atom is -0.480 e. The van der Waals surface area contributed by atoms with Crippen LogP contribution < -0.4 is 16.4 Å². The molecular weight excluding hydrogens is 288 g/mol. The van der Waals surface area contributed by atoms with Gasteiger partial charge in [-0.15, -0.1) is 0 Å². The maximum Gasteiger partial charge on any atom is 0.321 e. The molecular formula is C14H16N4O4. The molecule has 2 heterocycles. The molecule has 3 rings (SSSR count). The van der Waals surface area contributed by atoms with E-state index in [9.17, 15) is 14.4 Å². The Hall–Kier alpha value is -2.87. The third kappa shape index (κ3) is 3.83. The number of amides is 3. The molecule has 0 spiro atoms. The number of carbonyl (C=O) groups excluding carboxylic acids is 2. The predicted octanol–water partition coefficient (Wildman–Crippen LogP) is -0.0519. The van der Waals surface area contributed by atoms with Crippen molar-refractivity contribution in [3.63, 3.8) is 0 Å². The molecule has 0 aliphatic carbocycles. The number of benzene rings is 1. The van der Waals surface area contributed by atoms with Gasteiger partial charge in [-0.3, -0.25) is 14.9 Å². The van der Waals surface area contributed by atoms with E-state index < -0.39 is 18.0 Å². The third-order valence-corrected chi connectivity index (χ3v) is 3.09. The van der Waals surface area contributed by atoms with Crippen molar-refractivity contribution in [1.29, 1.82) is 0 Å². The van der Waals surface area contributed by atoms with Gasteiger partial charge in [-0.25, -0.2) is 4.79 Å². The van der Waals surface area contributed by atoms with Crippen LogP contribution in [0.3, 0.4) is 0 Å². The van der Waals surface area contributed by atoms with E-state index in [1.807, 2.05) is 35.8 Å². The summed E-state index contributed by atoms with van der Waals surface area (Å²) < 4.78 is 0. The molecule has 2 aromatic rings. The lowest BCUT2D eigenvalue weighted by atomic mass is 10.1. The van der Waals surface area contributed by atoms with Gasteiger partial charge in [0.25, 0.3) is 0 Å². The fraction of sp³-hybridized carbons (Fsp3) is 0.214. The van der Waals surface area contributed by atoms with Gasteiger partial charge in [-0.05, 0) is 11.6 Å². The second kappa shape index (κ2) is 6.72. The Balaban J connectivity index is 0.000000211. The fourth-order valence-corrected chi connectivity index (χ4v) is 2.00. The molecule has 0 saturated carbocycles. The van der Waals surface area contributed by atoms with Crippen LogP contribution in [0.1, 0.15) is 5.56 Å². The van der Waals surface area contributed by atoms with Gasteiger partial charge in [0, 0.05) is 23.5 Å². The van der Waals surface area contributed by atoms with E-state index in [0.717, 1.165) is 16.5 Å². The molecule has 1 aliphatic rings. The molecule has 116 valence electrons. The van der Waals surface area contributed by atoms with Gasteiger partial charge in [0.15, 0.2) is 0 Å². The van der Waals surface area contributed by atoms with Crippen LogP contribution in [0.2, 0.25) is 0 Å². The summed E-state index contributed by atoms with van der Waals surface area (Å²) in [5, 5.41) is 14.1.